The minimum Gasteiger partial charge on any atom is -0.395 e. The summed E-state index contributed by atoms with van der Waals surface area (Å²) in [7, 11) is 1.69. The number of aliphatic hydroxyl groups is 1. The van der Waals surface area contributed by atoms with Crippen LogP contribution in [0.15, 0.2) is 24.3 Å². The van der Waals surface area contributed by atoms with Crippen molar-refractivity contribution in [2.24, 2.45) is 0 Å². The molecule has 1 aromatic heterocycles. The zero-order valence-electron chi connectivity index (χ0n) is 13.9. The Balaban J connectivity index is 2.24. The van der Waals surface area contributed by atoms with Gasteiger partial charge in [0.15, 0.2) is 0 Å². The van der Waals surface area contributed by atoms with Crippen LogP contribution in [0.5, 0.6) is 0 Å². The molecule has 0 fully saturated rings. The second-order valence-corrected chi connectivity index (χ2v) is 5.97. The lowest BCUT2D eigenvalue weighted by Crippen LogP contribution is -2.30. The summed E-state index contributed by atoms with van der Waals surface area (Å²) in [4.78, 5) is 2.17. The van der Waals surface area contributed by atoms with Crippen molar-refractivity contribution in [1.82, 2.24) is 14.7 Å². The summed E-state index contributed by atoms with van der Waals surface area (Å²) in [5.74, 6) is 0. The number of aliphatic hydroxyl groups excluding tert-OH is 1. The van der Waals surface area contributed by atoms with E-state index in [-0.39, 0.29) is 6.61 Å². The molecule has 0 radical (unpaired) electrons. The Morgan fingerprint density at radius 1 is 1.22 bits per heavy atom. The van der Waals surface area contributed by atoms with Gasteiger partial charge in [-0.25, -0.2) is 4.68 Å². The van der Waals surface area contributed by atoms with Gasteiger partial charge in [-0.2, -0.15) is 5.10 Å². The predicted molar refractivity (Wildman–Crippen MR) is 92.3 cm³/mol. The molecule has 0 atom stereocenters. The van der Waals surface area contributed by atoms with Crippen LogP contribution in [0.1, 0.15) is 17.0 Å². The maximum Gasteiger partial charge on any atom is 0.0649 e. The quantitative estimate of drug-likeness (QED) is 0.804. The van der Waals surface area contributed by atoms with Crippen LogP contribution in [0.25, 0.3) is 5.69 Å². The number of ether oxygens (including phenoxy) is 1. The molecular formula is C17H24ClN3O2. The molecule has 2 rings (SSSR count). The van der Waals surface area contributed by atoms with Crippen LogP contribution >= 0.6 is 11.6 Å². The van der Waals surface area contributed by atoms with E-state index >= 15 is 0 Å². The summed E-state index contributed by atoms with van der Waals surface area (Å²) in [6, 6.07) is 7.65. The monoisotopic (exact) mass is 337 g/mol. The summed E-state index contributed by atoms with van der Waals surface area (Å²) in [6.45, 7) is 7.00. The van der Waals surface area contributed by atoms with Gasteiger partial charge in [0.1, 0.15) is 0 Å². The topological polar surface area (TPSA) is 50.5 Å². The summed E-state index contributed by atoms with van der Waals surface area (Å²) in [5.41, 5.74) is 4.28. The van der Waals surface area contributed by atoms with E-state index in [4.69, 9.17) is 16.3 Å². The minimum atomic E-state index is 0.132. The van der Waals surface area contributed by atoms with Crippen molar-refractivity contribution in [3.8, 4) is 5.69 Å². The van der Waals surface area contributed by atoms with Crippen LogP contribution in [0.2, 0.25) is 5.02 Å². The van der Waals surface area contributed by atoms with E-state index in [1.54, 1.807) is 7.11 Å². The lowest BCUT2D eigenvalue weighted by Gasteiger charge is -2.21. The fourth-order valence-corrected chi connectivity index (χ4v) is 2.72. The van der Waals surface area contributed by atoms with Gasteiger partial charge in [-0.1, -0.05) is 11.6 Å². The molecule has 0 unspecified atom stereocenters. The molecule has 6 heteroatoms. The third-order valence-electron chi connectivity index (χ3n) is 3.92. The molecular weight excluding hydrogens is 314 g/mol. The van der Waals surface area contributed by atoms with Crippen molar-refractivity contribution in [2.45, 2.75) is 20.4 Å². The summed E-state index contributed by atoms with van der Waals surface area (Å²) in [6.07, 6.45) is 0. The maximum absolute atomic E-state index is 9.25. The van der Waals surface area contributed by atoms with Crippen molar-refractivity contribution < 1.29 is 9.84 Å². The van der Waals surface area contributed by atoms with E-state index in [0.29, 0.717) is 18.2 Å². The van der Waals surface area contributed by atoms with E-state index in [1.165, 1.54) is 5.56 Å². The van der Waals surface area contributed by atoms with Gasteiger partial charge in [0, 0.05) is 43.0 Å². The smallest absolute Gasteiger partial charge is 0.0649 e. The predicted octanol–water partition coefficient (Wildman–Crippen LogP) is 2.58. The highest BCUT2D eigenvalue weighted by Gasteiger charge is 2.16. The number of halogens is 1. The van der Waals surface area contributed by atoms with E-state index in [9.17, 15) is 5.11 Å². The van der Waals surface area contributed by atoms with Crippen LogP contribution in [0.4, 0.5) is 0 Å². The Labute approximate surface area is 142 Å². The summed E-state index contributed by atoms with van der Waals surface area (Å²) in [5, 5.41) is 14.6. The molecule has 0 aliphatic carbocycles. The number of methoxy groups -OCH3 is 1. The molecule has 0 saturated carbocycles. The molecule has 23 heavy (non-hydrogen) atoms. The highest BCUT2D eigenvalue weighted by molar-refractivity contribution is 6.30. The molecule has 0 amide bonds. The van der Waals surface area contributed by atoms with Crippen molar-refractivity contribution in [3.05, 3.63) is 46.2 Å². The molecule has 0 saturated heterocycles. The number of hydrogen-bond acceptors (Lipinski definition) is 4. The third kappa shape index (κ3) is 4.54. The Morgan fingerprint density at radius 2 is 1.91 bits per heavy atom. The van der Waals surface area contributed by atoms with Crippen LogP contribution in [0, 0.1) is 13.8 Å². The highest BCUT2D eigenvalue weighted by atomic mass is 35.5. The van der Waals surface area contributed by atoms with Crippen LogP contribution < -0.4 is 0 Å². The number of benzene rings is 1. The van der Waals surface area contributed by atoms with Gasteiger partial charge in [0.2, 0.25) is 0 Å². The fourth-order valence-electron chi connectivity index (χ4n) is 2.59. The zero-order chi connectivity index (χ0) is 16.8. The molecule has 1 aromatic carbocycles. The summed E-state index contributed by atoms with van der Waals surface area (Å²) < 4.78 is 7.08. The van der Waals surface area contributed by atoms with Gasteiger partial charge in [0.05, 0.1) is 24.6 Å². The molecule has 2 aromatic rings. The molecule has 0 bridgehead atoms. The minimum absolute atomic E-state index is 0.132. The standard InChI is InChI=1S/C17H24ClN3O2/c1-13-17(12-20(8-10-22)9-11-23-3)14(2)21(19-13)16-6-4-15(18)5-7-16/h4-7,22H,8-12H2,1-3H3. The van der Waals surface area contributed by atoms with Crippen LogP contribution in [0.3, 0.4) is 0 Å². The highest BCUT2D eigenvalue weighted by Crippen LogP contribution is 2.20. The van der Waals surface area contributed by atoms with Crippen molar-refractivity contribution in [3.63, 3.8) is 0 Å². The van der Waals surface area contributed by atoms with Crippen molar-refractivity contribution in [2.75, 3.05) is 33.4 Å². The van der Waals surface area contributed by atoms with Gasteiger partial charge in [0.25, 0.3) is 0 Å². The van der Waals surface area contributed by atoms with E-state index in [0.717, 1.165) is 30.2 Å². The van der Waals surface area contributed by atoms with Crippen molar-refractivity contribution >= 4 is 11.6 Å². The van der Waals surface area contributed by atoms with E-state index < -0.39 is 0 Å². The average molecular weight is 338 g/mol. The molecule has 0 spiro atoms. The molecule has 126 valence electrons. The number of rotatable bonds is 8. The van der Waals surface area contributed by atoms with Gasteiger partial charge < -0.3 is 9.84 Å². The average Bonchev–Trinajstić information content (AvgIpc) is 2.81. The van der Waals surface area contributed by atoms with Crippen LogP contribution in [-0.4, -0.2) is 53.2 Å². The molecule has 5 nitrogen and oxygen atoms in total. The number of nitrogens with zero attached hydrogens (tertiary/aromatic N) is 3. The molecule has 1 heterocycles. The first-order valence-electron chi connectivity index (χ1n) is 7.70. The first kappa shape index (κ1) is 17.9. The lowest BCUT2D eigenvalue weighted by atomic mass is 10.2. The van der Waals surface area contributed by atoms with Gasteiger partial charge in [-0.05, 0) is 38.1 Å². The second kappa shape index (κ2) is 8.45. The lowest BCUT2D eigenvalue weighted by molar-refractivity contribution is 0.126. The van der Waals surface area contributed by atoms with Gasteiger partial charge in [-0.15, -0.1) is 0 Å². The first-order chi connectivity index (χ1) is 11.1. The first-order valence-corrected chi connectivity index (χ1v) is 8.07. The van der Waals surface area contributed by atoms with Gasteiger partial charge >= 0.3 is 0 Å². The van der Waals surface area contributed by atoms with Crippen LogP contribution in [-0.2, 0) is 11.3 Å². The molecule has 0 aliphatic rings. The second-order valence-electron chi connectivity index (χ2n) is 5.53. The third-order valence-corrected chi connectivity index (χ3v) is 4.17. The summed E-state index contributed by atoms with van der Waals surface area (Å²) >= 11 is 5.96. The SMILES string of the molecule is COCCN(CCO)Cc1c(C)nn(-c2ccc(Cl)cc2)c1C. The van der Waals surface area contributed by atoms with Crippen molar-refractivity contribution in [1.29, 1.82) is 0 Å². The zero-order valence-corrected chi connectivity index (χ0v) is 14.7. The Kier molecular flexibility index (Phi) is 6.59. The van der Waals surface area contributed by atoms with E-state index in [2.05, 4.69) is 16.9 Å². The van der Waals surface area contributed by atoms with Gasteiger partial charge in [-0.3, -0.25) is 4.90 Å². The fraction of sp³-hybridized carbons (Fsp3) is 0.471. The normalized spacial score (nSPS) is 11.4. The number of aromatic nitrogens is 2. The Morgan fingerprint density at radius 3 is 2.52 bits per heavy atom. The maximum atomic E-state index is 9.25. The largest absolute Gasteiger partial charge is 0.395 e. The molecule has 0 aliphatic heterocycles. The number of hydrogen-bond donors (Lipinski definition) is 1. The molecule has 1 N–H and O–H groups in total. The Bertz CT molecular complexity index is 626. The Hall–Kier alpha value is -1.40. The number of aryl methyl sites for hydroxylation is 1. The van der Waals surface area contributed by atoms with E-state index in [1.807, 2.05) is 35.9 Å².